The zero-order valence-corrected chi connectivity index (χ0v) is 18.4. The number of hydrogen-bond donors (Lipinski definition) is 2. The van der Waals surface area contributed by atoms with Gasteiger partial charge in [-0.2, -0.15) is 0 Å². The normalized spacial score (nSPS) is 17.9. The first-order valence-electron chi connectivity index (χ1n) is 11.3. The van der Waals surface area contributed by atoms with E-state index in [2.05, 4.69) is 75.1 Å². The van der Waals surface area contributed by atoms with Crippen molar-refractivity contribution in [3.8, 4) is 0 Å². The van der Waals surface area contributed by atoms with Crippen molar-refractivity contribution in [1.29, 1.82) is 0 Å². The molecule has 4 rings (SSSR count). The molecule has 0 atom stereocenters. The van der Waals surface area contributed by atoms with Gasteiger partial charge in [0, 0.05) is 63.8 Å². The molecule has 2 N–H and O–H groups in total. The molecule has 1 saturated heterocycles. The zero-order chi connectivity index (χ0) is 21.5. The fourth-order valence-electron chi connectivity index (χ4n) is 4.28. The van der Waals surface area contributed by atoms with Gasteiger partial charge in [0.15, 0.2) is 5.96 Å². The molecule has 1 heterocycles. The lowest BCUT2D eigenvalue weighted by atomic mass is 9.96. The number of nitrogens with zero attached hydrogens (tertiary/aromatic N) is 3. The summed E-state index contributed by atoms with van der Waals surface area (Å²) >= 11 is 0. The van der Waals surface area contributed by atoms with Crippen LogP contribution in [0.2, 0.25) is 0 Å². The minimum atomic E-state index is 0.207. The van der Waals surface area contributed by atoms with E-state index in [4.69, 9.17) is 0 Å². The van der Waals surface area contributed by atoms with Crippen LogP contribution in [0.1, 0.15) is 24.8 Å². The fraction of sp³-hybridized carbons (Fsp3) is 0.440. The average molecular weight is 420 g/mol. The summed E-state index contributed by atoms with van der Waals surface area (Å²) in [5.41, 5.74) is 2.85. The minimum Gasteiger partial charge on any atom is -0.368 e. The van der Waals surface area contributed by atoms with Gasteiger partial charge in [-0.15, -0.1) is 0 Å². The molecule has 0 aromatic heterocycles. The summed E-state index contributed by atoms with van der Waals surface area (Å²) in [7, 11) is 1.78. The maximum Gasteiger partial charge on any atom is 0.224 e. The van der Waals surface area contributed by atoms with E-state index < -0.39 is 0 Å². The van der Waals surface area contributed by atoms with Gasteiger partial charge < -0.3 is 20.4 Å². The van der Waals surface area contributed by atoms with Crippen LogP contribution >= 0.6 is 0 Å². The number of hydrogen-bond acceptors (Lipinski definition) is 3. The molecular formula is C25H33N5O. The maximum absolute atomic E-state index is 12.6. The Hall–Kier alpha value is -3.02. The Morgan fingerprint density at radius 1 is 0.935 bits per heavy atom. The molecule has 0 spiro atoms. The van der Waals surface area contributed by atoms with Crippen molar-refractivity contribution in [2.45, 2.75) is 24.7 Å². The third kappa shape index (κ3) is 5.37. The molecule has 164 valence electrons. The van der Waals surface area contributed by atoms with Crippen molar-refractivity contribution in [3.63, 3.8) is 0 Å². The Kier molecular flexibility index (Phi) is 6.75. The summed E-state index contributed by atoms with van der Waals surface area (Å²) in [4.78, 5) is 21.3. The van der Waals surface area contributed by atoms with E-state index in [0.717, 1.165) is 38.7 Å². The van der Waals surface area contributed by atoms with Gasteiger partial charge >= 0.3 is 0 Å². The van der Waals surface area contributed by atoms with Gasteiger partial charge in [0.25, 0.3) is 0 Å². The first-order valence-corrected chi connectivity index (χ1v) is 11.3. The first-order chi connectivity index (χ1) is 15.2. The van der Waals surface area contributed by atoms with Crippen molar-refractivity contribution in [3.05, 3.63) is 66.2 Å². The molecule has 6 heteroatoms. The van der Waals surface area contributed by atoms with E-state index in [1.165, 1.54) is 24.1 Å². The molecule has 0 bridgehead atoms. The molecule has 2 fully saturated rings. The monoisotopic (exact) mass is 419 g/mol. The smallest absolute Gasteiger partial charge is 0.224 e. The highest BCUT2D eigenvalue weighted by Gasteiger charge is 2.44. The van der Waals surface area contributed by atoms with Crippen molar-refractivity contribution in [2.24, 2.45) is 4.99 Å². The standard InChI is InChI=1S/C25H33N5O/c1-26-24(28-20-25(13-14-25)21-8-4-2-5-9-21)27-15-12-23(31)30-18-16-29(17-19-30)22-10-6-3-7-11-22/h2-11H,12-20H2,1H3,(H2,26,27,28). The number of benzene rings is 2. The number of carbonyl (C=O) groups is 1. The summed E-state index contributed by atoms with van der Waals surface area (Å²) < 4.78 is 0. The third-order valence-corrected chi connectivity index (χ3v) is 6.44. The predicted octanol–water partition coefficient (Wildman–Crippen LogP) is 2.62. The van der Waals surface area contributed by atoms with Crippen molar-refractivity contribution < 1.29 is 4.79 Å². The second-order valence-corrected chi connectivity index (χ2v) is 8.45. The highest BCUT2D eigenvalue weighted by Crippen LogP contribution is 2.47. The second kappa shape index (κ2) is 9.86. The van der Waals surface area contributed by atoms with Crippen molar-refractivity contribution in [2.75, 3.05) is 51.2 Å². The van der Waals surface area contributed by atoms with Crippen LogP contribution in [-0.2, 0) is 10.2 Å². The van der Waals surface area contributed by atoms with Gasteiger partial charge in [-0.1, -0.05) is 48.5 Å². The SMILES string of the molecule is CN=C(NCCC(=O)N1CCN(c2ccccc2)CC1)NCC1(c2ccccc2)CC1. The van der Waals surface area contributed by atoms with Crippen LogP contribution in [0, 0.1) is 0 Å². The number of amides is 1. The summed E-state index contributed by atoms with van der Waals surface area (Å²) in [6.07, 6.45) is 2.89. The molecule has 2 aromatic rings. The van der Waals surface area contributed by atoms with Gasteiger partial charge in [0.05, 0.1) is 0 Å². The van der Waals surface area contributed by atoms with Crippen LogP contribution in [0.3, 0.4) is 0 Å². The number of para-hydroxylation sites is 1. The highest BCUT2D eigenvalue weighted by molar-refractivity contribution is 5.81. The predicted molar refractivity (Wildman–Crippen MR) is 127 cm³/mol. The van der Waals surface area contributed by atoms with Crippen LogP contribution in [0.15, 0.2) is 65.7 Å². The number of nitrogens with one attached hydrogen (secondary N) is 2. The first kappa shape index (κ1) is 21.2. The minimum absolute atomic E-state index is 0.207. The van der Waals surface area contributed by atoms with E-state index in [1.807, 2.05) is 11.0 Å². The Morgan fingerprint density at radius 3 is 2.19 bits per heavy atom. The molecule has 2 aromatic carbocycles. The van der Waals surface area contributed by atoms with Gasteiger partial charge in [0.2, 0.25) is 5.91 Å². The van der Waals surface area contributed by atoms with E-state index in [0.29, 0.717) is 13.0 Å². The van der Waals surface area contributed by atoms with Crippen LogP contribution in [0.5, 0.6) is 0 Å². The Morgan fingerprint density at radius 2 is 1.58 bits per heavy atom. The largest absolute Gasteiger partial charge is 0.368 e. The summed E-state index contributed by atoms with van der Waals surface area (Å²) in [6.45, 7) is 4.78. The van der Waals surface area contributed by atoms with Gasteiger partial charge in [-0.25, -0.2) is 0 Å². The third-order valence-electron chi connectivity index (χ3n) is 6.44. The molecule has 2 aliphatic rings. The maximum atomic E-state index is 12.6. The van der Waals surface area contributed by atoms with Crippen LogP contribution < -0.4 is 15.5 Å². The van der Waals surface area contributed by atoms with Gasteiger partial charge in [0.1, 0.15) is 0 Å². The highest BCUT2D eigenvalue weighted by atomic mass is 16.2. The Labute approximate surface area is 185 Å². The molecule has 0 radical (unpaired) electrons. The van der Waals surface area contributed by atoms with Crippen LogP contribution in [-0.4, -0.2) is 63.1 Å². The molecule has 1 saturated carbocycles. The number of guanidine groups is 1. The molecule has 1 amide bonds. The number of aliphatic imine (C=N–C) groups is 1. The molecular weight excluding hydrogens is 386 g/mol. The lowest BCUT2D eigenvalue weighted by Gasteiger charge is -2.36. The lowest BCUT2D eigenvalue weighted by Crippen LogP contribution is -2.49. The van der Waals surface area contributed by atoms with E-state index in [1.54, 1.807) is 7.05 Å². The van der Waals surface area contributed by atoms with Crippen LogP contribution in [0.4, 0.5) is 5.69 Å². The quantitative estimate of drug-likeness (QED) is 0.535. The topological polar surface area (TPSA) is 60.0 Å². The Balaban J connectivity index is 1.17. The van der Waals surface area contributed by atoms with Crippen molar-refractivity contribution in [1.82, 2.24) is 15.5 Å². The van der Waals surface area contributed by atoms with E-state index in [9.17, 15) is 4.79 Å². The summed E-state index contributed by atoms with van der Waals surface area (Å²) in [5, 5.41) is 6.76. The molecule has 6 nitrogen and oxygen atoms in total. The Bertz CT molecular complexity index is 871. The van der Waals surface area contributed by atoms with Crippen molar-refractivity contribution >= 4 is 17.6 Å². The van der Waals surface area contributed by atoms with E-state index >= 15 is 0 Å². The number of carbonyl (C=O) groups excluding carboxylic acids is 1. The average Bonchev–Trinajstić information content (AvgIpc) is 3.63. The molecule has 31 heavy (non-hydrogen) atoms. The number of rotatable bonds is 7. The van der Waals surface area contributed by atoms with Crippen LogP contribution in [0.25, 0.3) is 0 Å². The second-order valence-electron chi connectivity index (χ2n) is 8.45. The van der Waals surface area contributed by atoms with E-state index in [-0.39, 0.29) is 11.3 Å². The molecule has 0 unspecified atom stereocenters. The molecule has 1 aliphatic heterocycles. The fourth-order valence-corrected chi connectivity index (χ4v) is 4.28. The molecule has 1 aliphatic carbocycles. The van der Waals surface area contributed by atoms with Gasteiger partial charge in [-0.3, -0.25) is 9.79 Å². The zero-order valence-electron chi connectivity index (χ0n) is 18.4. The number of piperazine rings is 1. The summed E-state index contributed by atoms with van der Waals surface area (Å²) in [5.74, 6) is 0.975. The summed E-state index contributed by atoms with van der Waals surface area (Å²) in [6, 6.07) is 21.1. The number of anilines is 1. The lowest BCUT2D eigenvalue weighted by molar-refractivity contribution is -0.131. The van der Waals surface area contributed by atoms with Gasteiger partial charge in [-0.05, 0) is 30.5 Å².